The first-order valence-electron chi connectivity index (χ1n) is 10.8. The summed E-state index contributed by atoms with van der Waals surface area (Å²) in [7, 11) is 0. The lowest BCUT2D eigenvalue weighted by Crippen LogP contribution is -2.31. The van der Waals surface area contributed by atoms with Crippen LogP contribution in [-0.2, 0) is 12.1 Å². The van der Waals surface area contributed by atoms with E-state index < -0.39 is 5.60 Å². The molecule has 0 bridgehead atoms. The number of hydrogen-bond donors (Lipinski definition) is 1. The van der Waals surface area contributed by atoms with Gasteiger partial charge < -0.3 is 5.11 Å². The molecule has 0 aliphatic heterocycles. The number of aryl methyl sites for hydroxylation is 1. The monoisotopic (exact) mass is 371 g/mol. The Labute approximate surface area is 165 Å². The second-order valence-electron chi connectivity index (χ2n) is 7.92. The van der Waals surface area contributed by atoms with Gasteiger partial charge in [0.05, 0.1) is 6.54 Å². The first-order valence-corrected chi connectivity index (χ1v) is 10.8. The maximum atomic E-state index is 11.4. The predicted molar refractivity (Wildman–Crippen MR) is 112 cm³/mol. The summed E-state index contributed by atoms with van der Waals surface area (Å²) < 4.78 is 1.73. The van der Waals surface area contributed by atoms with E-state index in [4.69, 9.17) is 0 Å². The number of aromatic nitrogens is 3. The van der Waals surface area contributed by atoms with Gasteiger partial charge in [-0.2, -0.15) is 5.10 Å². The van der Waals surface area contributed by atoms with E-state index in [1.54, 1.807) is 11.0 Å². The number of rotatable bonds is 14. The lowest BCUT2D eigenvalue weighted by Gasteiger charge is -2.29. The van der Waals surface area contributed by atoms with Gasteiger partial charge >= 0.3 is 0 Å². The van der Waals surface area contributed by atoms with Crippen LogP contribution >= 0.6 is 0 Å². The van der Waals surface area contributed by atoms with Crippen molar-refractivity contribution in [3.05, 3.63) is 48.0 Å². The molecule has 4 nitrogen and oxygen atoms in total. The van der Waals surface area contributed by atoms with Gasteiger partial charge in [-0.05, 0) is 18.9 Å². The molecular weight excluding hydrogens is 334 g/mol. The minimum atomic E-state index is -0.887. The molecule has 1 aromatic heterocycles. The topological polar surface area (TPSA) is 50.9 Å². The summed E-state index contributed by atoms with van der Waals surface area (Å²) in [6, 6.07) is 8.23. The molecule has 1 heterocycles. The van der Waals surface area contributed by atoms with Crippen LogP contribution in [0.2, 0.25) is 0 Å². The Morgan fingerprint density at radius 2 is 1.48 bits per heavy atom. The molecule has 0 aliphatic rings. The summed E-state index contributed by atoms with van der Waals surface area (Å²) in [4.78, 5) is 4.01. The van der Waals surface area contributed by atoms with Gasteiger partial charge in [0, 0.05) is 0 Å². The molecule has 2 aromatic rings. The molecule has 27 heavy (non-hydrogen) atoms. The van der Waals surface area contributed by atoms with Crippen molar-refractivity contribution < 1.29 is 5.11 Å². The van der Waals surface area contributed by atoms with E-state index in [9.17, 15) is 5.11 Å². The van der Waals surface area contributed by atoms with Gasteiger partial charge in [0.1, 0.15) is 18.3 Å². The molecule has 1 N–H and O–H groups in total. The number of unbranched alkanes of at least 4 members (excludes halogenated alkanes) is 9. The molecule has 4 heteroatoms. The number of aliphatic hydroxyl groups is 1. The zero-order valence-electron chi connectivity index (χ0n) is 17.2. The van der Waals surface area contributed by atoms with E-state index in [2.05, 4.69) is 36.1 Å². The maximum absolute atomic E-state index is 11.4. The number of nitrogens with zero attached hydrogens (tertiary/aromatic N) is 3. The Hall–Kier alpha value is -1.68. The van der Waals surface area contributed by atoms with Crippen molar-refractivity contribution >= 4 is 0 Å². The van der Waals surface area contributed by atoms with Crippen LogP contribution in [0, 0.1) is 6.92 Å². The Kier molecular flexibility index (Phi) is 9.54. The molecule has 0 amide bonds. The molecular formula is C23H37N3O. The minimum Gasteiger partial charge on any atom is -0.383 e. The van der Waals surface area contributed by atoms with Gasteiger partial charge in [0.25, 0.3) is 0 Å². The first-order chi connectivity index (χ1) is 13.1. The summed E-state index contributed by atoms with van der Waals surface area (Å²) in [6.45, 7) is 4.79. The largest absolute Gasteiger partial charge is 0.383 e. The van der Waals surface area contributed by atoms with E-state index >= 15 is 0 Å². The third kappa shape index (κ3) is 7.84. The standard InChI is InChI=1S/C23H37N3O/c1-3-4-5-6-7-8-9-10-11-12-17-23(27,18-26-20-24-19-25-26)22-15-13-21(2)14-16-22/h13-16,19-20,27H,3-12,17-18H2,1-2H3. The third-order valence-corrected chi connectivity index (χ3v) is 5.42. The second-order valence-corrected chi connectivity index (χ2v) is 7.92. The van der Waals surface area contributed by atoms with E-state index in [1.807, 2.05) is 12.1 Å². The quantitative estimate of drug-likeness (QED) is 0.428. The molecule has 0 saturated carbocycles. The average molecular weight is 372 g/mol. The van der Waals surface area contributed by atoms with Crippen molar-refractivity contribution in [2.45, 2.75) is 96.6 Å². The molecule has 1 atom stereocenters. The van der Waals surface area contributed by atoms with E-state index in [1.165, 1.54) is 69.7 Å². The summed E-state index contributed by atoms with van der Waals surface area (Å²) in [5, 5.41) is 15.6. The molecule has 1 unspecified atom stereocenters. The molecule has 0 spiro atoms. The van der Waals surface area contributed by atoms with Crippen LogP contribution < -0.4 is 0 Å². The lowest BCUT2D eigenvalue weighted by atomic mass is 9.87. The minimum absolute atomic E-state index is 0.452. The second kappa shape index (κ2) is 11.9. The van der Waals surface area contributed by atoms with Crippen LogP contribution in [-0.4, -0.2) is 19.9 Å². The van der Waals surface area contributed by atoms with Crippen molar-refractivity contribution in [3.63, 3.8) is 0 Å². The molecule has 0 saturated heterocycles. The van der Waals surface area contributed by atoms with Crippen LogP contribution in [0.25, 0.3) is 0 Å². The van der Waals surface area contributed by atoms with E-state index in [0.717, 1.165) is 18.4 Å². The third-order valence-electron chi connectivity index (χ3n) is 5.42. The summed E-state index contributed by atoms with van der Waals surface area (Å²) >= 11 is 0. The van der Waals surface area contributed by atoms with Gasteiger partial charge in [0.15, 0.2) is 0 Å². The van der Waals surface area contributed by atoms with Crippen LogP contribution in [0.15, 0.2) is 36.9 Å². The fourth-order valence-electron chi connectivity index (χ4n) is 3.67. The fraction of sp³-hybridized carbons (Fsp3) is 0.652. The SMILES string of the molecule is CCCCCCCCCCCCC(O)(Cn1cncn1)c1ccc(C)cc1. The van der Waals surface area contributed by atoms with Crippen molar-refractivity contribution in [2.75, 3.05) is 0 Å². The summed E-state index contributed by atoms with van der Waals surface area (Å²) in [5.41, 5.74) is 1.29. The Morgan fingerprint density at radius 1 is 0.889 bits per heavy atom. The molecule has 1 aromatic carbocycles. The van der Waals surface area contributed by atoms with Crippen LogP contribution in [0.4, 0.5) is 0 Å². The molecule has 0 aliphatic carbocycles. The number of hydrogen-bond acceptors (Lipinski definition) is 3. The average Bonchev–Trinajstić information content (AvgIpc) is 3.16. The molecule has 0 radical (unpaired) electrons. The zero-order valence-corrected chi connectivity index (χ0v) is 17.2. The summed E-state index contributed by atoms with van der Waals surface area (Å²) in [6.07, 6.45) is 17.0. The molecule has 2 rings (SSSR count). The Balaban J connectivity index is 1.76. The highest BCUT2D eigenvalue weighted by Crippen LogP contribution is 2.30. The van der Waals surface area contributed by atoms with Crippen molar-refractivity contribution in [1.29, 1.82) is 0 Å². The van der Waals surface area contributed by atoms with Crippen LogP contribution in [0.1, 0.15) is 88.7 Å². The zero-order chi connectivity index (χ0) is 19.4. The summed E-state index contributed by atoms with van der Waals surface area (Å²) in [5.74, 6) is 0. The van der Waals surface area contributed by atoms with Crippen molar-refractivity contribution in [1.82, 2.24) is 14.8 Å². The number of benzene rings is 1. The van der Waals surface area contributed by atoms with Crippen LogP contribution in [0.5, 0.6) is 0 Å². The fourth-order valence-corrected chi connectivity index (χ4v) is 3.67. The maximum Gasteiger partial charge on any atom is 0.137 e. The highest BCUT2D eigenvalue weighted by Gasteiger charge is 2.29. The van der Waals surface area contributed by atoms with Crippen molar-refractivity contribution in [3.8, 4) is 0 Å². The lowest BCUT2D eigenvalue weighted by molar-refractivity contribution is 0.00375. The van der Waals surface area contributed by atoms with E-state index in [-0.39, 0.29) is 0 Å². The smallest absolute Gasteiger partial charge is 0.137 e. The Bertz CT molecular complexity index is 609. The van der Waals surface area contributed by atoms with Gasteiger partial charge in [-0.3, -0.25) is 0 Å². The van der Waals surface area contributed by atoms with E-state index in [0.29, 0.717) is 6.54 Å². The highest BCUT2D eigenvalue weighted by atomic mass is 16.3. The molecule has 0 fully saturated rings. The first kappa shape index (κ1) is 21.6. The highest BCUT2D eigenvalue weighted by molar-refractivity contribution is 5.26. The van der Waals surface area contributed by atoms with Crippen LogP contribution in [0.3, 0.4) is 0 Å². The molecule has 150 valence electrons. The normalized spacial score (nSPS) is 13.6. The van der Waals surface area contributed by atoms with Gasteiger partial charge in [-0.1, -0.05) is 101 Å². The van der Waals surface area contributed by atoms with Gasteiger partial charge in [-0.25, -0.2) is 9.67 Å². The Morgan fingerprint density at radius 3 is 2.04 bits per heavy atom. The van der Waals surface area contributed by atoms with Crippen molar-refractivity contribution in [2.24, 2.45) is 0 Å². The van der Waals surface area contributed by atoms with Gasteiger partial charge in [0.2, 0.25) is 0 Å². The van der Waals surface area contributed by atoms with Gasteiger partial charge in [-0.15, -0.1) is 0 Å². The predicted octanol–water partition coefficient (Wildman–Crippen LogP) is 5.79.